The molecule has 3 rings (SSSR count). The molecule has 2 atom stereocenters. The van der Waals surface area contributed by atoms with Gasteiger partial charge in [0.15, 0.2) is 0 Å². The van der Waals surface area contributed by atoms with Crippen molar-refractivity contribution in [1.29, 1.82) is 0 Å². The standard InChI is InChI=1S/C15H22N2O2/c1-2-19-14-9-13(15(14)6-4-7-15)17-10-11-12(18)5-3-8-16-11/h3,5,8,13-14,17-18H,2,4,6-7,9-10H2,1H3/t13-,14-/m1/s1. The van der Waals surface area contributed by atoms with E-state index < -0.39 is 0 Å². The molecule has 1 aromatic heterocycles. The molecule has 2 N–H and O–H groups in total. The molecule has 19 heavy (non-hydrogen) atoms. The lowest BCUT2D eigenvalue weighted by atomic mass is 9.51. The Morgan fingerprint density at radius 1 is 1.53 bits per heavy atom. The predicted molar refractivity (Wildman–Crippen MR) is 72.8 cm³/mol. The summed E-state index contributed by atoms with van der Waals surface area (Å²) in [6.45, 7) is 3.51. The van der Waals surface area contributed by atoms with E-state index in [2.05, 4.69) is 17.2 Å². The maximum Gasteiger partial charge on any atom is 0.138 e. The smallest absolute Gasteiger partial charge is 0.138 e. The Labute approximate surface area is 114 Å². The number of nitrogens with zero attached hydrogens (tertiary/aromatic N) is 1. The molecule has 1 aromatic rings. The Hall–Kier alpha value is -1.13. The van der Waals surface area contributed by atoms with E-state index >= 15 is 0 Å². The van der Waals surface area contributed by atoms with Crippen LogP contribution < -0.4 is 5.32 Å². The molecule has 2 aliphatic rings. The van der Waals surface area contributed by atoms with Crippen LogP contribution in [0.5, 0.6) is 5.75 Å². The fraction of sp³-hybridized carbons (Fsp3) is 0.667. The zero-order valence-electron chi connectivity index (χ0n) is 11.4. The van der Waals surface area contributed by atoms with Crippen molar-refractivity contribution in [2.45, 2.75) is 51.3 Å². The molecule has 0 aliphatic heterocycles. The fourth-order valence-electron chi connectivity index (χ4n) is 3.51. The van der Waals surface area contributed by atoms with Crippen LogP contribution in [-0.4, -0.2) is 28.8 Å². The molecular formula is C15H22N2O2. The summed E-state index contributed by atoms with van der Waals surface area (Å²) in [6.07, 6.45) is 7.09. The normalized spacial score (nSPS) is 27.8. The van der Waals surface area contributed by atoms with Gasteiger partial charge in [-0.3, -0.25) is 4.98 Å². The third-order valence-corrected chi connectivity index (χ3v) is 4.82. The minimum Gasteiger partial charge on any atom is -0.506 e. The average molecular weight is 262 g/mol. The number of ether oxygens (including phenoxy) is 1. The molecule has 2 aliphatic carbocycles. The van der Waals surface area contributed by atoms with Crippen LogP contribution in [0.4, 0.5) is 0 Å². The summed E-state index contributed by atoms with van der Waals surface area (Å²) >= 11 is 0. The molecule has 4 nitrogen and oxygen atoms in total. The maximum atomic E-state index is 9.72. The highest BCUT2D eigenvalue weighted by molar-refractivity contribution is 5.25. The van der Waals surface area contributed by atoms with E-state index in [-0.39, 0.29) is 5.75 Å². The van der Waals surface area contributed by atoms with E-state index in [4.69, 9.17) is 4.74 Å². The van der Waals surface area contributed by atoms with Gasteiger partial charge in [-0.05, 0) is 38.3 Å². The number of rotatable bonds is 5. The van der Waals surface area contributed by atoms with Gasteiger partial charge in [0.2, 0.25) is 0 Å². The van der Waals surface area contributed by atoms with Gasteiger partial charge in [0, 0.05) is 30.8 Å². The third kappa shape index (κ3) is 2.13. The summed E-state index contributed by atoms with van der Waals surface area (Å²) < 4.78 is 5.84. The van der Waals surface area contributed by atoms with Crippen molar-refractivity contribution in [2.75, 3.05) is 6.61 Å². The zero-order valence-corrected chi connectivity index (χ0v) is 11.4. The van der Waals surface area contributed by atoms with E-state index in [0.717, 1.165) is 18.7 Å². The van der Waals surface area contributed by atoms with Crippen LogP contribution in [0.3, 0.4) is 0 Å². The molecule has 104 valence electrons. The second-order valence-electron chi connectivity index (χ2n) is 5.67. The maximum absolute atomic E-state index is 9.72. The predicted octanol–water partition coefficient (Wildman–Crippen LogP) is 2.22. The second kappa shape index (κ2) is 5.10. The van der Waals surface area contributed by atoms with Gasteiger partial charge >= 0.3 is 0 Å². The quantitative estimate of drug-likeness (QED) is 0.854. The molecular weight excluding hydrogens is 240 g/mol. The van der Waals surface area contributed by atoms with Crippen LogP contribution in [0.2, 0.25) is 0 Å². The van der Waals surface area contributed by atoms with Gasteiger partial charge in [0.1, 0.15) is 5.75 Å². The molecule has 0 aromatic carbocycles. The molecule has 2 fully saturated rings. The Balaban J connectivity index is 1.58. The number of aromatic nitrogens is 1. The SMILES string of the molecule is CCO[C@@H]1C[C@@H](NCc2ncccc2O)C12CCC2. The zero-order chi connectivity index (χ0) is 13.3. The summed E-state index contributed by atoms with van der Waals surface area (Å²) in [5, 5.41) is 13.3. The first-order valence-electron chi connectivity index (χ1n) is 7.24. The van der Waals surface area contributed by atoms with Gasteiger partial charge in [-0.15, -0.1) is 0 Å². The van der Waals surface area contributed by atoms with E-state index in [9.17, 15) is 5.11 Å². The summed E-state index contributed by atoms with van der Waals surface area (Å²) in [5.41, 5.74) is 1.09. The van der Waals surface area contributed by atoms with Crippen molar-refractivity contribution in [1.82, 2.24) is 10.3 Å². The van der Waals surface area contributed by atoms with Crippen molar-refractivity contribution in [3.8, 4) is 5.75 Å². The molecule has 2 saturated carbocycles. The summed E-state index contributed by atoms with van der Waals surface area (Å²) in [7, 11) is 0. The first-order chi connectivity index (χ1) is 9.26. The van der Waals surface area contributed by atoms with Crippen LogP contribution in [-0.2, 0) is 11.3 Å². The van der Waals surface area contributed by atoms with E-state index in [1.807, 2.05) is 0 Å². The molecule has 0 amide bonds. The second-order valence-corrected chi connectivity index (χ2v) is 5.67. The first kappa shape index (κ1) is 12.9. The van der Waals surface area contributed by atoms with Gasteiger partial charge in [0.05, 0.1) is 11.8 Å². The van der Waals surface area contributed by atoms with Crippen LogP contribution in [0.1, 0.15) is 38.3 Å². The van der Waals surface area contributed by atoms with Crippen molar-refractivity contribution in [3.63, 3.8) is 0 Å². The Morgan fingerprint density at radius 2 is 2.37 bits per heavy atom. The van der Waals surface area contributed by atoms with Crippen molar-refractivity contribution in [2.24, 2.45) is 5.41 Å². The minimum atomic E-state index is 0.276. The van der Waals surface area contributed by atoms with Crippen molar-refractivity contribution >= 4 is 0 Å². The molecule has 1 heterocycles. The topological polar surface area (TPSA) is 54.4 Å². The number of pyridine rings is 1. The van der Waals surface area contributed by atoms with Crippen molar-refractivity contribution in [3.05, 3.63) is 24.0 Å². The highest BCUT2D eigenvalue weighted by atomic mass is 16.5. The molecule has 0 radical (unpaired) electrons. The van der Waals surface area contributed by atoms with Gasteiger partial charge < -0.3 is 15.2 Å². The number of hydrogen-bond acceptors (Lipinski definition) is 4. The largest absolute Gasteiger partial charge is 0.506 e. The summed E-state index contributed by atoms with van der Waals surface area (Å²) in [4.78, 5) is 4.21. The van der Waals surface area contributed by atoms with Crippen LogP contribution in [0.15, 0.2) is 18.3 Å². The highest BCUT2D eigenvalue weighted by Crippen LogP contribution is 2.57. The average Bonchev–Trinajstić information content (AvgIpc) is 2.32. The van der Waals surface area contributed by atoms with E-state index in [1.165, 1.54) is 19.3 Å². The van der Waals surface area contributed by atoms with Gasteiger partial charge in [-0.25, -0.2) is 0 Å². The summed E-state index contributed by atoms with van der Waals surface area (Å²) in [5.74, 6) is 0.276. The van der Waals surface area contributed by atoms with Crippen LogP contribution in [0, 0.1) is 5.41 Å². The molecule has 0 saturated heterocycles. The Morgan fingerprint density at radius 3 is 3.00 bits per heavy atom. The van der Waals surface area contributed by atoms with Crippen LogP contribution >= 0.6 is 0 Å². The summed E-state index contributed by atoms with van der Waals surface area (Å²) in [6, 6.07) is 3.95. The van der Waals surface area contributed by atoms with E-state index in [0.29, 0.717) is 24.1 Å². The molecule has 4 heteroatoms. The van der Waals surface area contributed by atoms with Gasteiger partial charge in [-0.2, -0.15) is 0 Å². The van der Waals surface area contributed by atoms with E-state index in [1.54, 1.807) is 18.3 Å². The lowest BCUT2D eigenvalue weighted by molar-refractivity contribution is -0.173. The van der Waals surface area contributed by atoms with Crippen molar-refractivity contribution < 1.29 is 9.84 Å². The number of hydrogen-bond donors (Lipinski definition) is 2. The molecule has 1 spiro atoms. The Bertz CT molecular complexity index is 446. The number of nitrogens with one attached hydrogen (secondary N) is 1. The molecule has 0 unspecified atom stereocenters. The van der Waals surface area contributed by atoms with Gasteiger partial charge in [0.25, 0.3) is 0 Å². The first-order valence-corrected chi connectivity index (χ1v) is 7.24. The Kier molecular flexibility index (Phi) is 3.46. The minimum absolute atomic E-state index is 0.276. The number of aromatic hydroxyl groups is 1. The third-order valence-electron chi connectivity index (χ3n) is 4.82. The fourth-order valence-corrected chi connectivity index (χ4v) is 3.51. The lowest BCUT2D eigenvalue weighted by Gasteiger charge is -2.61. The van der Waals surface area contributed by atoms with Gasteiger partial charge in [-0.1, -0.05) is 6.42 Å². The highest BCUT2D eigenvalue weighted by Gasteiger charge is 2.58. The lowest BCUT2D eigenvalue weighted by Crippen LogP contribution is -2.66. The monoisotopic (exact) mass is 262 g/mol. The van der Waals surface area contributed by atoms with Crippen LogP contribution in [0.25, 0.3) is 0 Å². The molecule has 0 bridgehead atoms.